The molecule has 1 aromatic carbocycles. The molecule has 212 valence electrons. The van der Waals surface area contributed by atoms with Crippen molar-refractivity contribution in [3.63, 3.8) is 0 Å². The molecule has 16 heteroatoms. The minimum Gasteiger partial charge on any atom is -0.475 e. The van der Waals surface area contributed by atoms with Crippen LogP contribution in [0.1, 0.15) is 29.7 Å². The van der Waals surface area contributed by atoms with Gasteiger partial charge in [-0.3, -0.25) is 9.58 Å². The summed E-state index contributed by atoms with van der Waals surface area (Å²) in [6, 6.07) is 6.20. The fourth-order valence-electron chi connectivity index (χ4n) is 3.66. The van der Waals surface area contributed by atoms with E-state index in [4.69, 9.17) is 34.0 Å². The Morgan fingerprint density at radius 1 is 1.08 bits per heavy atom. The number of carbonyl (C=O) groups is 2. The standard InChI is InChI=1S/C18H23N3O3.2C2HF3O2/c1-3-21-16-10-20(9-14(11-22-2)15(16)7-19-21)8-13-4-5-17-18(6-13)24-12-23-17;2*3-2(4,5)1(6)7/h4-7,14H,3,8-12H2,1-2H3;2*(H,6,7). The summed E-state index contributed by atoms with van der Waals surface area (Å²) in [7, 11) is 1.76. The maximum absolute atomic E-state index is 10.6. The lowest BCUT2D eigenvalue weighted by atomic mass is 9.95. The van der Waals surface area contributed by atoms with Crippen LogP contribution >= 0.6 is 0 Å². The number of ether oxygens (including phenoxy) is 3. The maximum atomic E-state index is 10.6. The van der Waals surface area contributed by atoms with Gasteiger partial charge in [0.15, 0.2) is 11.5 Å². The second-order valence-electron chi connectivity index (χ2n) is 7.98. The molecular formula is C22H25F6N3O7. The molecule has 0 saturated carbocycles. The number of hydrogen-bond donors (Lipinski definition) is 2. The highest BCUT2D eigenvalue weighted by atomic mass is 19.4. The summed E-state index contributed by atoms with van der Waals surface area (Å²) in [5.41, 5.74) is 3.88. The number of hydrogen-bond acceptors (Lipinski definition) is 7. The second-order valence-corrected chi connectivity index (χ2v) is 7.98. The maximum Gasteiger partial charge on any atom is 0.490 e. The average molecular weight is 557 g/mol. The zero-order valence-electron chi connectivity index (χ0n) is 20.2. The number of carboxylic acid groups (broad SMARTS) is 2. The number of carboxylic acids is 2. The van der Waals surface area contributed by atoms with Crippen LogP contribution in [0.5, 0.6) is 11.5 Å². The van der Waals surface area contributed by atoms with Gasteiger partial charge in [0, 0.05) is 44.8 Å². The van der Waals surface area contributed by atoms with E-state index in [0.717, 1.165) is 44.3 Å². The van der Waals surface area contributed by atoms with E-state index >= 15 is 0 Å². The van der Waals surface area contributed by atoms with E-state index in [0.29, 0.717) is 12.7 Å². The van der Waals surface area contributed by atoms with Crippen molar-refractivity contribution in [1.29, 1.82) is 0 Å². The molecule has 2 aromatic rings. The highest BCUT2D eigenvalue weighted by Crippen LogP contribution is 2.34. The summed E-state index contributed by atoms with van der Waals surface area (Å²) in [4.78, 5) is 20.2. The molecule has 0 bridgehead atoms. The van der Waals surface area contributed by atoms with Crippen molar-refractivity contribution in [2.45, 2.75) is 44.8 Å². The second kappa shape index (κ2) is 12.8. The van der Waals surface area contributed by atoms with Crippen LogP contribution in [0.4, 0.5) is 26.3 Å². The summed E-state index contributed by atoms with van der Waals surface area (Å²) in [6.45, 7) is 6.84. The Hall–Kier alpha value is -3.53. The highest BCUT2D eigenvalue weighted by Gasteiger charge is 2.39. The number of fused-ring (bicyclic) bond motifs is 2. The zero-order valence-corrected chi connectivity index (χ0v) is 20.2. The van der Waals surface area contributed by atoms with E-state index in [1.165, 1.54) is 16.8 Å². The third-order valence-electron chi connectivity index (χ3n) is 5.27. The number of aryl methyl sites for hydroxylation is 1. The molecule has 0 aliphatic carbocycles. The Bertz CT molecular complexity index is 1080. The Labute approximate surface area is 212 Å². The fraction of sp³-hybridized carbons (Fsp3) is 0.500. The third-order valence-corrected chi connectivity index (χ3v) is 5.27. The lowest BCUT2D eigenvalue weighted by Gasteiger charge is -2.33. The van der Waals surface area contributed by atoms with Crippen molar-refractivity contribution in [2.24, 2.45) is 0 Å². The first kappa shape index (κ1) is 30.7. The van der Waals surface area contributed by atoms with Crippen LogP contribution in [0.15, 0.2) is 24.4 Å². The number of alkyl halides is 6. The fourth-order valence-corrected chi connectivity index (χ4v) is 3.66. The molecule has 1 unspecified atom stereocenters. The molecule has 3 heterocycles. The molecule has 0 saturated heterocycles. The first-order valence-corrected chi connectivity index (χ1v) is 10.9. The number of nitrogens with zero attached hydrogens (tertiary/aromatic N) is 3. The third kappa shape index (κ3) is 8.51. The van der Waals surface area contributed by atoms with Crippen molar-refractivity contribution in [3.8, 4) is 11.5 Å². The highest BCUT2D eigenvalue weighted by molar-refractivity contribution is 5.73. The lowest BCUT2D eigenvalue weighted by Crippen LogP contribution is -2.35. The smallest absolute Gasteiger partial charge is 0.475 e. The van der Waals surface area contributed by atoms with Gasteiger partial charge in [0.05, 0.1) is 18.5 Å². The molecule has 0 spiro atoms. The Kier molecular flexibility index (Phi) is 10.4. The molecule has 2 aliphatic rings. The van der Waals surface area contributed by atoms with Crippen LogP contribution in [0.2, 0.25) is 0 Å². The number of aliphatic carboxylic acids is 2. The molecule has 1 atom stereocenters. The molecule has 2 N–H and O–H groups in total. The van der Waals surface area contributed by atoms with Gasteiger partial charge >= 0.3 is 24.3 Å². The molecular weight excluding hydrogens is 532 g/mol. The van der Waals surface area contributed by atoms with Crippen molar-refractivity contribution in [2.75, 3.05) is 27.1 Å². The van der Waals surface area contributed by atoms with Gasteiger partial charge in [-0.05, 0) is 24.6 Å². The van der Waals surface area contributed by atoms with Crippen LogP contribution in [-0.2, 0) is 34.0 Å². The van der Waals surface area contributed by atoms with Crippen LogP contribution in [0, 0.1) is 0 Å². The molecule has 0 radical (unpaired) electrons. The summed E-state index contributed by atoms with van der Waals surface area (Å²) >= 11 is 0. The van der Waals surface area contributed by atoms with Gasteiger partial charge in [0.1, 0.15) is 0 Å². The zero-order chi connectivity index (χ0) is 28.7. The first-order chi connectivity index (χ1) is 17.7. The molecule has 38 heavy (non-hydrogen) atoms. The average Bonchev–Trinajstić information content (AvgIpc) is 3.45. The van der Waals surface area contributed by atoms with Crippen LogP contribution in [-0.4, -0.2) is 76.2 Å². The van der Waals surface area contributed by atoms with Crippen LogP contribution < -0.4 is 9.47 Å². The summed E-state index contributed by atoms with van der Waals surface area (Å²) < 4.78 is 81.9. The van der Waals surface area contributed by atoms with E-state index in [1.807, 2.05) is 12.3 Å². The molecule has 4 rings (SSSR count). The number of benzene rings is 1. The quantitative estimate of drug-likeness (QED) is 0.531. The van der Waals surface area contributed by atoms with Gasteiger partial charge in [-0.15, -0.1) is 0 Å². The molecule has 10 nitrogen and oxygen atoms in total. The molecule has 0 fully saturated rings. The van der Waals surface area contributed by atoms with Crippen molar-refractivity contribution >= 4 is 11.9 Å². The number of aromatic nitrogens is 2. The van der Waals surface area contributed by atoms with Gasteiger partial charge < -0.3 is 24.4 Å². The Morgan fingerprint density at radius 3 is 2.18 bits per heavy atom. The van der Waals surface area contributed by atoms with E-state index in [9.17, 15) is 26.3 Å². The Balaban J connectivity index is 0.000000301. The van der Waals surface area contributed by atoms with E-state index in [-0.39, 0.29) is 0 Å². The predicted molar refractivity (Wildman–Crippen MR) is 117 cm³/mol. The number of halogens is 6. The van der Waals surface area contributed by atoms with Gasteiger partial charge in [-0.25, -0.2) is 9.59 Å². The molecule has 0 amide bonds. The van der Waals surface area contributed by atoms with Gasteiger partial charge in [-0.1, -0.05) is 6.07 Å². The topological polar surface area (TPSA) is 123 Å². The minimum absolute atomic E-state index is 0.317. The van der Waals surface area contributed by atoms with Gasteiger partial charge in [-0.2, -0.15) is 31.4 Å². The number of rotatable bonds is 5. The predicted octanol–water partition coefficient (Wildman–Crippen LogP) is 3.64. The summed E-state index contributed by atoms with van der Waals surface area (Å²) in [6.07, 6.45) is -8.15. The minimum atomic E-state index is -5.08. The number of methoxy groups -OCH3 is 1. The van der Waals surface area contributed by atoms with Gasteiger partial charge in [0.2, 0.25) is 6.79 Å². The lowest BCUT2D eigenvalue weighted by molar-refractivity contribution is -0.193. The SMILES string of the molecule is CCn1ncc2c1CN(Cc1ccc3c(c1)OCO3)CC2COC.O=C(O)C(F)(F)F.O=C(O)C(F)(F)F. The summed E-state index contributed by atoms with van der Waals surface area (Å²) in [5, 5.41) is 18.8. The van der Waals surface area contributed by atoms with E-state index < -0.39 is 24.3 Å². The van der Waals surface area contributed by atoms with Crippen LogP contribution in [0.3, 0.4) is 0 Å². The molecule has 2 aliphatic heterocycles. The first-order valence-electron chi connectivity index (χ1n) is 10.9. The van der Waals surface area contributed by atoms with E-state index in [1.54, 1.807) is 7.11 Å². The Morgan fingerprint density at radius 2 is 1.66 bits per heavy atom. The van der Waals surface area contributed by atoms with Crippen molar-refractivity contribution in [3.05, 3.63) is 41.2 Å². The van der Waals surface area contributed by atoms with Crippen molar-refractivity contribution < 1.29 is 60.4 Å². The van der Waals surface area contributed by atoms with Gasteiger partial charge in [0.25, 0.3) is 0 Å². The van der Waals surface area contributed by atoms with E-state index in [2.05, 4.69) is 33.7 Å². The molecule has 1 aromatic heterocycles. The monoisotopic (exact) mass is 557 g/mol. The largest absolute Gasteiger partial charge is 0.490 e. The van der Waals surface area contributed by atoms with Crippen molar-refractivity contribution in [1.82, 2.24) is 14.7 Å². The normalized spacial score (nSPS) is 16.5. The summed E-state index contributed by atoms with van der Waals surface area (Å²) in [5.74, 6) is -3.47. The van der Waals surface area contributed by atoms with Crippen LogP contribution in [0.25, 0.3) is 0 Å².